The zero-order chi connectivity index (χ0) is 17.7. The van der Waals surface area contributed by atoms with E-state index in [1.807, 2.05) is 74.5 Å². The van der Waals surface area contributed by atoms with E-state index < -0.39 is 18.9 Å². The van der Waals surface area contributed by atoms with Crippen LogP contribution in [-0.2, 0) is 4.57 Å². The highest BCUT2D eigenvalue weighted by Crippen LogP contribution is 2.53. The lowest BCUT2D eigenvalue weighted by molar-refractivity contribution is 0.0641. The Kier molecular flexibility index (Phi) is 6.40. The minimum absolute atomic E-state index is 0.000227. The van der Waals surface area contributed by atoms with E-state index >= 15 is 0 Å². The Morgan fingerprint density at radius 3 is 1.62 bits per heavy atom. The van der Waals surface area contributed by atoms with Crippen molar-refractivity contribution in [2.45, 2.75) is 32.5 Å². The predicted molar refractivity (Wildman–Crippen MR) is 101 cm³/mol. The van der Waals surface area contributed by atoms with Gasteiger partial charge in [-0.05, 0) is 5.92 Å². The third-order valence-corrected chi connectivity index (χ3v) is 8.48. The van der Waals surface area contributed by atoms with Gasteiger partial charge in [0.2, 0.25) is 0 Å². The molecule has 0 aromatic heterocycles. The van der Waals surface area contributed by atoms with Crippen LogP contribution in [0.2, 0.25) is 0 Å². The molecule has 0 fully saturated rings. The third kappa shape index (κ3) is 3.64. The highest BCUT2D eigenvalue weighted by atomic mass is 31.2. The molecule has 2 N–H and O–H groups in total. The molecule has 0 amide bonds. The van der Waals surface area contributed by atoms with Gasteiger partial charge >= 0.3 is 0 Å². The quantitative estimate of drug-likeness (QED) is 0.758. The summed E-state index contributed by atoms with van der Waals surface area (Å²) < 4.78 is 14.4. The van der Waals surface area contributed by atoms with Gasteiger partial charge < -0.3 is 14.8 Å². The summed E-state index contributed by atoms with van der Waals surface area (Å²) in [6, 6.07) is 18.8. The Morgan fingerprint density at radius 1 is 0.875 bits per heavy atom. The van der Waals surface area contributed by atoms with Gasteiger partial charge in [-0.2, -0.15) is 0 Å². The minimum atomic E-state index is -3.07. The Balaban J connectivity index is 2.67. The Morgan fingerprint density at radius 2 is 1.29 bits per heavy atom. The van der Waals surface area contributed by atoms with Gasteiger partial charge in [0.25, 0.3) is 0 Å². The van der Waals surface area contributed by atoms with E-state index in [1.54, 1.807) is 6.92 Å². The van der Waals surface area contributed by atoms with E-state index in [9.17, 15) is 14.8 Å². The molecule has 3 nitrogen and oxygen atoms in total. The summed E-state index contributed by atoms with van der Waals surface area (Å²) in [5.41, 5.74) is -0.454. The zero-order valence-corrected chi connectivity index (χ0v) is 15.4. The number of aliphatic hydroxyl groups is 2. The van der Waals surface area contributed by atoms with Crippen molar-refractivity contribution < 1.29 is 14.8 Å². The lowest BCUT2D eigenvalue weighted by Crippen LogP contribution is -2.42. The van der Waals surface area contributed by atoms with Gasteiger partial charge in [-0.15, -0.1) is 0 Å². The van der Waals surface area contributed by atoms with Crippen LogP contribution >= 0.6 is 7.14 Å². The van der Waals surface area contributed by atoms with Crippen LogP contribution in [0, 0.1) is 11.8 Å². The number of rotatable bonds is 7. The molecule has 0 aliphatic rings. The van der Waals surface area contributed by atoms with Crippen molar-refractivity contribution in [1.82, 2.24) is 0 Å². The molecule has 0 radical (unpaired) electrons. The van der Waals surface area contributed by atoms with Gasteiger partial charge in [-0.3, -0.25) is 0 Å². The number of benzene rings is 2. The fourth-order valence-electron chi connectivity index (χ4n) is 3.27. The van der Waals surface area contributed by atoms with Crippen LogP contribution in [0.4, 0.5) is 0 Å². The van der Waals surface area contributed by atoms with Crippen LogP contribution in [0.15, 0.2) is 60.7 Å². The maximum absolute atomic E-state index is 14.4. The van der Waals surface area contributed by atoms with Gasteiger partial charge in [-0.25, -0.2) is 0 Å². The lowest BCUT2D eigenvalue weighted by atomic mass is 9.96. The van der Waals surface area contributed by atoms with Crippen molar-refractivity contribution in [1.29, 1.82) is 0 Å². The second-order valence-electron chi connectivity index (χ2n) is 6.71. The zero-order valence-electron chi connectivity index (χ0n) is 14.5. The van der Waals surface area contributed by atoms with E-state index in [0.717, 1.165) is 10.6 Å². The van der Waals surface area contributed by atoms with Crippen LogP contribution in [0.5, 0.6) is 0 Å². The Labute approximate surface area is 144 Å². The smallest absolute Gasteiger partial charge is 0.148 e. The summed E-state index contributed by atoms with van der Waals surface area (Å²) in [5, 5.41) is 21.9. The molecule has 0 aliphatic carbocycles. The third-order valence-electron chi connectivity index (χ3n) is 4.60. The lowest BCUT2D eigenvalue weighted by Gasteiger charge is -2.37. The summed E-state index contributed by atoms with van der Waals surface area (Å²) in [6.45, 7) is 5.63. The van der Waals surface area contributed by atoms with Gasteiger partial charge in [0.15, 0.2) is 0 Å². The standard InChI is InChI=1S/C20H27O3P/c1-15(2)20(19(22)16(3)14-21)24(23,17-10-6-4-7-11-17)18-12-8-5-9-13-18/h4-13,15-16,19-22H,14H2,1-3H3/t16-,19-,20-/m0/s1. The van der Waals surface area contributed by atoms with Crippen LogP contribution in [0.25, 0.3) is 0 Å². The summed E-state index contributed by atoms with van der Waals surface area (Å²) >= 11 is 0. The summed E-state index contributed by atoms with van der Waals surface area (Å²) in [7, 11) is -3.07. The molecule has 2 aromatic rings. The molecule has 0 saturated heterocycles. The van der Waals surface area contributed by atoms with Crippen molar-refractivity contribution in [2.75, 3.05) is 6.61 Å². The molecule has 0 spiro atoms. The fraction of sp³-hybridized carbons (Fsp3) is 0.400. The molecule has 0 heterocycles. The molecular formula is C20H27O3P. The fourth-order valence-corrected chi connectivity index (χ4v) is 7.05. The summed E-state index contributed by atoms with van der Waals surface area (Å²) in [5.74, 6) is -0.335. The van der Waals surface area contributed by atoms with Gasteiger partial charge in [-0.1, -0.05) is 81.4 Å². The molecule has 4 heteroatoms. The Hall–Kier alpha value is -1.41. The first-order chi connectivity index (χ1) is 11.4. The van der Waals surface area contributed by atoms with Crippen LogP contribution in [0.3, 0.4) is 0 Å². The first-order valence-electron chi connectivity index (χ1n) is 8.42. The van der Waals surface area contributed by atoms with Crippen molar-refractivity contribution in [2.24, 2.45) is 11.8 Å². The van der Waals surface area contributed by atoms with Crippen molar-refractivity contribution in [3.8, 4) is 0 Å². The molecule has 130 valence electrons. The second-order valence-corrected chi connectivity index (χ2v) is 9.66. The van der Waals surface area contributed by atoms with Gasteiger partial charge in [0.1, 0.15) is 7.14 Å². The molecule has 0 aliphatic heterocycles. The largest absolute Gasteiger partial charge is 0.396 e. The molecule has 0 saturated carbocycles. The first-order valence-corrected chi connectivity index (χ1v) is 10.2. The molecule has 0 unspecified atom stereocenters. The number of hydrogen-bond donors (Lipinski definition) is 2. The molecule has 3 atom stereocenters. The average Bonchev–Trinajstić information content (AvgIpc) is 2.62. The molecular weight excluding hydrogens is 319 g/mol. The van der Waals surface area contributed by atoms with E-state index in [0.29, 0.717) is 0 Å². The normalized spacial score (nSPS) is 15.9. The highest BCUT2D eigenvalue weighted by Gasteiger charge is 2.44. The van der Waals surface area contributed by atoms with Crippen molar-refractivity contribution in [3.05, 3.63) is 60.7 Å². The van der Waals surface area contributed by atoms with Gasteiger partial charge in [0.05, 0.1) is 6.10 Å². The predicted octanol–water partition coefficient (Wildman–Crippen LogP) is 3.01. The summed E-state index contributed by atoms with van der Waals surface area (Å²) in [4.78, 5) is 0. The molecule has 0 bridgehead atoms. The SMILES string of the molecule is CC(C)[C@@H]([C@@H](O)[C@@H](C)CO)P(=O)(c1ccccc1)c1ccccc1. The van der Waals surface area contributed by atoms with Crippen LogP contribution in [-0.4, -0.2) is 28.6 Å². The first kappa shape index (κ1) is 18.9. The maximum Gasteiger partial charge on any atom is 0.148 e. The van der Waals surface area contributed by atoms with Gasteiger partial charge in [0, 0.05) is 28.8 Å². The van der Waals surface area contributed by atoms with E-state index in [4.69, 9.17) is 0 Å². The monoisotopic (exact) mass is 346 g/mol. The molecule has 2 rings (SSSR count). The maximum atomic E-state index is 14.4. The molecule has 24 heavy (non-hydrogen) atoms. The van der Waals surface area contributed by atoms with E-state index in [2.05, 4.69) is 0 Å². The van der Waals surface area contributed by atoms with Crippen molar-refractivity contribution >= 4 is 17.8 Å². The second kappa shape index (κ2) is 8.11. The van der Waals surface area contributed by atoms with Crippen molar-refractivity contribution in [3.63, 3.8) is 0 Å². The van der Waals surface area contributed by atoms with Crippen LogP contribution in [0.1, 0.15) is 20.8 Å². The number of hydrogen-bond acceptors (Lipinski definition) is 3. The molecule has 2 aromatic carbocycles. The summed E-state index contributed by atoms with van der Waals surface area (Å²) in [6.07, 6.45) is -0.846. The topological polar surface area (TPSA) is 57.5 Å². The van der Waals surface area contributed by atoms with E-state index in [-0.39, 0.29) is 18.4 Å². The minimum Gasteiger partial charge on any atom is -0.396 e. The number of aliphatic hydroxyl groups excluding tert-OH is 2. The van der Waals surface area contributed by atoms with Crippen LogP contribution < -0.4 is 10.6 Å². The highest BCUT2D eigenvalue weighted by molar-refractivity contribution is 7.79. The average molecular weight is 346 g/mol. The Bertz CT molecular complexity index is 626. The van der Waals surface area contributed by atoms with E-state index in [1.165, 1.54) is 0 Å².